The molecule has 1 atom stereocenters. The Morgan fingerprint density at radius 2 is 2.00 bits per heavy atom. The molecule has 0 aliphatic carbocycles. The molecule has 1 aromatic carbocycles. The van der Waals surface area contributed by atoms with Gasteiger partial charge in [-0.1, -0.05) is 12.1 Å². The molecule has 9 nitrogen and oxygen atoms in total. The molecule has 1 unspecified atom stereocenters. The molecule has 1 fully saturated rings. The van der Waals surface area contributed by atoms with Gasteiger partial charge in [0.1, 0.15) is 24.3 Å². The van der Waals surface area contributed by atoms with Gasteiger partial charge in [-0.3, -0.25) is 0 Å². The summed E-state index contributed by atoms with van der Waals surface area (Å²) in [6, 6.07) is 12.0. The van der Waals surface area contributed by atoms with Gasteiger partial charge in [-0.15, -0.1) is 0 Å². The fourth-order valence-electron chi connectivity index (χ4n) is 4.17. The van der Waals surface area contributed by atoms with Crippen molar-refractivity contribution in [1.29, 1.82) is 0 Å². The lowest BCUT2D eigenvalue weighted by atomic mass is 10.1. The molecule has 9 heteroatoms. The molecular formula is C25H34N6O3. The Labute approximate surface area is 200 Å². The summed E-state index contributed by atoms with van der Waals surface area (Å²) in [5, 5.41) is 17.6. The summed E-state index contributed by atoms with van der Waals surface area (Å²) >= 11 is 0. The van der Waals surface area contributed by atoms with Gasteiger partial charge in [0, 0.05) is 50.2 Å². The third kappa shape index (κ3) is 5.72. The Morgan fingerprint density at radius 1 is 1.21 bits per heavy atom. The summed E-state index contributed by atoms with van der Waals surface area (Å²) in [5.41, 5.74) is 2.79. The number of ether oxygens (including phenoxy) is 2. The average molecular weight is 467 g/mol. The minimum absolute atomic E-state index is 0.203. The van der Waals surface area contributed by atoms with E-state index in [0.29, 0.717) is 24.2 Å². The summed E-state index contributed by atoms with van der Waals surface area (Å²) in [6.07, 6.45) is 1.34. The van der Waals surface area contributed by atoms with Crippen molar-refractivity contribution in [3.05, 3.63) is 47.8 Å². The first kappa shape index (κ1) is 24.1. The topological polar surface area (TPSA) is 97.6 Å². The zero-order valence-electron chi connectivity index (χ0n) is 20.4. The van der Waals surface area contributed by atoms with E-state index in [4.69, 9.17) is 19.4 Å². The molecular weight excluding hydrogens is 432 g/mol. The van der Waals surface area contributed by atoms with Crippen LogP contribution in [0.1, 0.15) is 24.2 Å². The first-order valence-corrected chi connectivity index (χ1v) is 11.7. The van der Waals surface area contributed by atoms with Gasteiger partial charge in [-0.25, -0.2) is 14.6 Å². The molecule has 0 bridgehead atoms. The SMILES string of the molecule is CNCC(O)COc1cccc(-c2nc(N(C)C3CCOCC3)cc(-n3nc(C)cc3C)n2)c1. The highest BCUT2D eigenvalue weighted by atomic mass is 16.5. The monoisotopic (exact) mass is 466 g/mol. The van der Waals surface area contributed by atoms with E-state index in [2.05, 4.69) is 22.4 Å². The van der Waals surface area contributed by atoms with Crippen molar-refractivity contribution in [3.63, 3.8) is 0 Å². The second kappa shape index (κ2) is 10.9. The molecule has 182 valence electrons. The zero-order chi connectivity index (χ0) is 24.1. The second-order valence-electron chi connectivity index (χ2n) is 8.75. The lowest BCUT2D eigenvalue weighted by Crippen LogP contribution is -2.37. The quantitative estimate of drug-likeness (QED) is 0.497. The number of nitrogens with zero attached hydrogens (tertiary/aromatic N) is 5. The van der Waals surface area contributed by atoms with Crippen LogP contribution in [0.25, 0.3) is 17.2 Å². The number of aromatic nitrogens is 4. The number of hydrogen-bond donors (Lipinski definition) is 2. The van der Waals surface area contributed by atoms with Gasteiger partial charge >= 0.3 is 0 Å². The van der Waals surface area contributed by atoms with Crippen molar-refractivity contribution >= 4 is 5.82 Å². The van der Waals surface area contributed by atoms with Crippen molar-refractivity contribution in [2.45, 2.75) is 38.8 Å². The molecule has 0 spiro atoms. The normalized spacial score (nSPS) is 15.3. The van der Waals surface area contributed by atoms with Crippen LogP contribution in [0, 0.1) is 13.8 Å². The number of likely N-dealkylation sites (N-methyl/N-ethyl adjacent to an activating group) is 1. The maximum absolute atomic E-state index is 9.97. The molecule has 3 aromatic rings. The van der Waals surface area contributed by atoms with Crippen LogP contribution >= 0.6 is 0 Å². The van der Waals surface area contributed by atoms with Crippen molar-refractivity contribution in [2.75, 3.05) is 45.4 Å². The van der Waals surface area contributed by atoms with E-state index in [9.17, 15) is 5.11 Å². The largest absolute Gasteiger partial charge is 0.491 e. The first-order chi connectivity index (χ1) is 16.4. The molecule has 2 aromatic heterocycles. The fraction of sp³-hybridized carbons (Fsp3) is 0.480. The van der Waals surface area contributed by atoms with E-state index in [1.54, 1.807) is 7.05 Å². The van der Waals surface area contributed by atoms with Crippen molar-refractivity contribution in [1.82, 2.24) is 25.1 Å². The predicted molar refractivity (Wildman–Crippen MR) is 132 cm³/mol. The van der Waals surface area contributed by atoms with Gasteiger partial charge in [0.25, 0.3) is 0 Å². The standard InChI is InChI=1S/C25H34N6O3/c1-17-12-18(2)31(29-17)24-14-23(30(4)20-8-10-33-11-9-20)27-25(28-24)19-6-5-7-22(13-19)34-16-21(32)15-26-3/h5-7,12-14,20-21,26,32H,8-11,15-16H2,1-4H3. The summed E-state index contributed by atoms with van der Waals surface area (Å²) < 4.78 is 13.2. The lowest BCUT2D eigenvalue weighted by Gasteiger charge is -2.32. The molecule has 34 heavy (non-hydrogen) atoms. The van der Waals surface area contributed by atoms with Crippen LogP contribution in [0.15, 0.2) is 36.4 Å². The third-order valence-electron chi connectivity index (χ3n) is 6.00. The Kier molecular flexibility index (Phi) is 7.77. The van der Waals surface area contributed by atoms with Crippen LogP contribution < -0.4 is 15.0 Å². The molecule has 4 rings (SSSR count). The highest BCUT2D eigenvalue weighted by Crippen LogP contribution is 2.27. The highest BCUT2D eigenvalue weighted by Gasteiger charge is 2.22. The number of benzene rings is 1. The van der Waals surface area contributed by atoms with E-state index in [-0.39, 0.29) is 6.61 Å². The van der Waals surface area contributed by atoms with Gasteiger partial charge in [0.15, 0.2) is 11.6 Å². The van der Waals surface area contributed by atoms with E-state index in [0.717, 1.165) is 54.6 Å². The Morgan fingerprint density at radius 3 is 2.71 bits per heavy atom. The Bertz CT molecular complexity index is 1100. The molecule has 0 radical (unpaired) electrons. The minimum Gasteiger partial charge on any atom is -0.491 e. The van der Waals surface area contributed by atoms with E-state index >= 15 is 0 Å². The van der Waals surface area contributed by atoms with Gasteiger partial charge in [0.05, 0.1) is 5.69 Å². The van der Waals surface area contributed by atoms with E-state index < -0.39 is 6.10 Å². The zero-order valence-corrected chi connectivity index (χ0v) is 20.4. The maximum atomic E-state index is 9.97. The number of aryl methyl sites for hydroxylation is 2. The second-order valence-corrected chi connectivity index (χ2v) is 8.75. The van der Waals surface area contributed by atoms with Crippen LogP contribution in [-0.2, 0) is 4.74 Å². The number of aliphatic hydroxyl groups is 1. The van der Waals surface area contributed by atoms with Gasteiger partial charge in [-0.05, 0) is 51.9 Å². The molecule has 1 aliphatic heterocycles. The van der Waals surface area contributed by atoms with Crippen molar-refractivity contribution < 1.29 is 14.6 Å². The molecule has 0 saturated carbocycles. The first-order valence-electron chi connectivity index (χ1n) is 11.7. The van der Waals surface area contributed by atoms with Gasteiger partial charge < -0.3 is 24.8 Å². The number of nitrogens with one attached hydrogen (secondary N) is 1. The molecule has 3 heterocycles. The van der Waals surface area contributed by atoms with Crippen LogP contribution in [-0.4, -0.2) is 77.5 Å². The summed E-state index contributed by atoms with van der Waals surface area (Å²) in [6.45, 7) is 6.19. The Balaban J connectivity index is 1.69. The average Bonchev–Trinajstić information content (AvgIpc) is 3.20. The van der Waals surface area contributed by atoms with Gasteiger partial charge in [-0.2, -0.15) is 5.10 Å². The number of aliphatic hydroxyl groups excluding tert-OH is 1. The fourth-order valence-corrected chi connectivity index (χ4v) is 4.17. The van der Waals surface area contributed by atoms with Crippen molar-refractivity contribution in [2.24, 2.45) is 0 Å². The molecule has 1 aliphatic rings. The summed E-state index contributed by atoms with van der Waals surface area (Å²) in [5.74, 6) is 2.82. The maximum Gasteiger partial charge on any atom is 0.164 e. The van der Waals surface area contributed by atoms with Crippen LogP contribution in [0.4, 0.5) is 5.82 Å². The lowest BCUT2D eigenvalue weighted by molar-refractivity contribution is 0.0853. The van der Waals surface area contributed by atoms with Gasteiger partial charge in [0.2, 0.25) is 0 Å². The molecule has 2 N–H and O–H groups in total. The third-order valence-corrected chi connectivity index (χ3v) is 6.00. The van der Waals surface area contributed by atoms with Crippen molar-refractivity contribution in [3.8, 4) is 23.0 Å². The van der Waals surface area contributed by atoms with Crippen LogP contribution in [0.5, 0.6) is 5.75 Å². The smallest absolute Gasteiger partial charge is 0.164 e. The number of rotatable bonds is 9. The van der Waals surface area contributed by atoms with E-state index in [1.807, 2.05) is 54.9 Å². The summed E-state index contributed by atoms with van der Waals surface area (Å²) in [4.78, 5) is 12.0. The van der Waals surface area contributed by atoms with Crippen LogP contribution in [0.3, 0.4) is 0 Å². The number of hydrogen-bond acceptors (Lipinski definition) is 8. The highest BCUT2D eigenvalue weighted by molar-refractivity contribution is 5.61. The summed E-state index contributed by atoms with van der Waals surface area (Å²) in [7, 11) is 3.88. The van der Waals surface area contributed by atoms with E-state index in [1.165, 1.54) is 0 Å². The molecule has 0 amide bonds. The predicted octanol–water partition coefficient (Wildman–Crippen LogP) is 2.52. The van der Waals surface area contributed by atoms with Crippen LogP contribution in [0.2, 0.25) is 0 Å². The number of anilines is 1. The Hall–Kier alpha value is -3.01. The minimum atomic E-state index is -0.584. The molecule has 1 saturated heterocycles.